The SMILES string of the molecule is CC/C=C\C/C=C\C/C=C\C/C=C\CCCCCCC(=O)OCC(COC(=O)CCCCCCC/C=C\CCCCCCCC)OC(=O)CCCCCC/C=C\C/C=C\C/C=C\C/C=C\CC. The largest absolute Gasteiger partial charge is 0.462 e. The predicted octanol–water partition coefficient (Wildman–Crippen LogP) is 18.3. The third-order valence-electron chi connectivity index (χ3n) is 11.2. The molecule has 0 N–H and O–H groups in total. The van der Waals surface area contributed by atoms with Crippen LogP contribution in [-0.2, 0) is 28.6 Å². The molecular weight excluding hydrogens is 829 g/mol. The first-order valence-electron chi connectivity index (χ1n) is 27.4. The number of hydrogen-bond acceptors (Lipinski definition) is 6. The molecule has 0 fully saturated rings. The lowest BCUT2D eigenvalue weighted by Crippen LogP contribution is -2.30. The van der Waals surface area contributed by atoms with E-state index in [0.717, 1.165) is 148 Å². The Bertz CT molecular complexity index is 1390. The van der Waals surface area contributed by atoms with Gasteiger partial charge in [-0.25, -0.2) is 0 Å². The van der Waals surface area contributed by atoms with Gasteiger partial charge in [0, 0.05) is 19.3 Å². The zero-order valence-electron chi connectivity index (χ0n) is 43.4. The number of ether oxygens (including phenoxy) is 3. The quantitative estimate of drug-likeness (QED) is 0.0262. The van der Waals surface area contributed by atoms with Gasteiger partial charge in [-0.15, -0.1) is 0 Å². The zero-order valence-corrected chi connectivity index (χ0v) is 43.4. The molecule has 0 saturated heterocycles. The van der Waals surface area contributed by atoms with Crippen LogP contribution < -0.4 is 0 Å². The van der Waals surface area contributed by atoms with Crippen molar-refractivity contribution in [2.24, 2.45) is 0 Å². The molecule has 1 unspecified atom stereocenters. The highest BCUT2D eigenvalue weighted by Crippen LogP contribution is 2.13. The minimum Gasteiger partial charge on any atom is -0.462 e. The molecule has 0 amide bonds. The molecule has 6 heteroatoms. The van der Waals surface area contributed by atoms with Crippen molar-refractivity contribution in [3.8, 4) is 0 Å². The minimum atomic E-state index is -0.807. The van der Waals surface area contributed by atoms with E-state index in [1.165, 1.54) is 51.4 Å². The molecule has 67 heavy (non-hydrogen) atoms. The van der Waals surface area contributed by atoms with Gasteiger partial charge in [-0.3, -0.25) is 14.4 Å². The smallest absolute Gasteiger partial charge is 0.306 e. The highest BCUT2D eigenvalue weighted by atomic mass is 16.6. The highest BCUT2D eigenvalue weighted by molar-refractivity contribution is 5.71. The molecule has 6 nitrogen and oxygen atoms in total. The van der Waals surface area contributed by atoms with Crippen LogP contribution in [-0.4, -0.2) is 37.2 Å². The Labute approximate surface area is 412 Å². The van der Waals surface area contributed by atoms with Crippen molar-refractivity contribution in [2.75, 3.05) is 13.2 Å². The van der Waals surface area contributed by atoms with E-state index in [1.54, 1.807) is 0 Å². The fraction of sp³-hybridized carbons (Fsp3) is 0.656. The average Bonchev–Trinajstić information content (AvgIpc) is 3.33. The van der Waals surface area contributed by atoms with Crippen LogP contribution in [0.25, 0.3) is 0 Å². The molecule has 0 aromatic carbocycles. The summed E-state index contributed by atoms with van der Waals surface area (Å²) in [6.07, 6.45) is 73.5. The number of allylic oxidation sites excluding steroid dienone is 18. The number of esters is 3. The van der Waals surface area contributed by atoms with Gasteiger partial charge in [0.1, 0.15) is 13.2 Å². The van der Waals surface area contributed by atoms with Gasteiger partial charge in [0.05, 0.1) is 0 Å². The first-order chi connectivity index (χ1) is 33.0. The number of carbonyl (C=O) groups is 3. The number of carbonyl (C=O) groups excluding carboxylic acids is 3. The summed E-state index contributed by atoms with van der Waals surface area (Å²) in [5.41, 5.74) is 0. The second-order valence-electron chi connectivity index (χ2n) is 17.7. The molecule has 1 atom stereocenters. The van der Waals surface area contributed by atoms with Crippen LogP contribution in [0.4, 0.5) is 0 Å². The fourth-order valence-electron chi connectivity index (χ4n) is 7.18. The summed E-state index contributed by atoms with van der Waals surface area (Å²) >= 11 is 0. The van der Waals surface area contributed by atoms with E-state index in [9.17, 15) is 14.4 Å². The van der Waals surface area contributed by atoms with E-state index in [1.807, 2.05) is 0 Å². The average molecular weight is 929 g/mol. The molecule has 0 bridgehead atoms. The summed E-state index contributed by atoms with van der Waals surface area (Å²) in [7, 11) is 0. The Kier molecular flexibility index (Phi) is 51.5. The van der Waals surface area contributed by atoms with Crippen molar-refractivity contribution < 1.29 is 28.6 Å². The Morgan fingerprint density at radius 1 is 0.313 bits per heavy atom. The molecule has 0 heterocycles. The van der Waals surface area contributed by atoms with Crippen molar-refractivity contribution in [1.29, 1.82) is 0 Å². The second kappa shape index (κ2) is 54.7. The third-order valence-corrected chi connectivity index (χ3v) is 11.2. The van der Waals surface area contributed by atoms with Crippen LogP contribution in [0.2, 0.25) is 0 Å². The molecule has 0 saturated carbocycles. The van der Waals surface area contributed by atoms with Crippen LogP contribution in [0.5, 0.6) is 0 Å². The van der Waals surface area contributed by atoms with Crippen molar-refractivity contribution in [1.82, 2.24) is 0 Å². The zero-order chi connectivity index (χ0) is 48.6. The van der Waals surface area contributed by atoms with Crippen LogP contribution in [0.15, 0.2) is 109 Å². The van der Waals surface area contributed by atoms with Crippen molar-refractivity contribution in [3.63, 3.8) is 0 Å². The van der Waals surface area contributed by atoms with Gasteiger partial charge in [0.25, 0.3) is 0 Å². The first-order valence-corrected chi connectivity index (χ1v) is 27.4. The van der Waals surface area contributed by atoms with Gasteiger partial charge in [-0.05, 0) is 122 Å². The lowest BCUT2D eigenvalue weighted by Gasteiger charge is -2.18. The lowest BCUT2D eigenvalue weighted by molar-refractivity contribution is -0.167. The van der Waals surface area contributed by atoms with Crippen molar-refractivity contribution in [3.05, 3.63) is 109 Å². The summed E-state index contributed by atoms with van der Waals surface area (Å²) in [6, 6.07) is 0. The van der Waals surface area contributed by atoms with E-state index in [4.69, 9.17) is 14.2 Å². The fourth-order valence-corrected chi connectivity index (χ4v) is 7.18. The van der Waals surface area contributed by atoms with E-state index in [-0.39, 0.29) is 37.5 Å². The summed E-state index contributed by atoms with van der Waals surface area (Å²) < 4.78 is 16.8. The Hall–Kier alpha value is -3.93. The summed E-state index contributed by atoms with van der Waals surface area (Å²) in [6.45, 7) is 6.35. The van der Waals surface area contributed by atoms with Crippen LogP contribution in [0.1, 0.15) is 239 Å². The van der Waals surface area contributed by atoms with E-state index < -0.39 is 6.10 Å². The monoisotopic (exact) mass is 929 g/mol. The maximum atomic E-state index is 12.8. The molecular formula is C61H100O6. The molecule has 0 aromatic rings. The summed E-state index contributed by atoms with van der Waals surface area (Å²) in [5.74, 6) is -0.960. The van der Waals surface area contributed by atoms with Crippen LogP contribution in [0.3, 0.4) is 0 Å². The van der Waals surface area contributed by atoms with Gasteiger partial charge in [-0.2, -0.15) is 0 Å². The lowest BCUT2D eigenvalue weighted by atomic mass is 10.1. The molecule has 0 rings (SSSR count). The molecule has 0 aliphatic heterocycles. The van der Waals surface area contributed by atoms with Gasteiger partial charge in [0.15, 0.2) is 6.10 Å². The standard InChI is InChI=1S/C61H100O6/c1-4-7-10-13-16-19-22-25-28-30-33-36-39-42-45-48-51-54-60(63)66-57-58(56-65-59(62)53-50-47-44-41-38-35-32-27-24-21-18-15-12-9-6-3)67-61(64)55-52-49-46-43-40-37-34-31-29-26-23-20-17-14-11-8-5-2/h7-8,10-11,16-17,19-20,25-29,32-34,36-37,58H,4-6,9,12-15,18,21-24,30-31,35,38-57H2,1-3H3/b10-7-,11-8-,19-16-,20-17-,28-25-,29-26-,32-27-,36-33-,37-34-. The van der Waals surface area contributed by atoms with Crippen molar-refractivity contribution >= 4 is 17.9 Å². The highest BCUT2D eigenvalue weighted by Gasteiger charge is 2.19. The Morgan fingerprint density at radius 3 is 0.925 bits per heavy atom. The molecule has 0 spiro atoms. The molecule has 0 aromatic heterocycles. The van der Waals surface area contributed by atoms with Crippen molar-refractivity contribution in [2.45, 2.75) is 245 Å². The van der Waals surface area contributed by atoms with Gasteiger partial charge < -0.3 is 14.2 Å². The third kappa shape index (κ3) is 52.9. The minimum absolute atomic E-state index is 0.102. The van der Waals surface area contributed by atoms with Gasteiger partial charge >= 0.3 is 17.9 Å². The maximum absolute atomic E-state index is 12.8. The topological polar surface area (TPSA) is 78.9 Å². The number of unbranched alkanes of at least 4 members (excludes halogenated alkanes) is 19. The maximum Gasteiger partial charge on any atom is 0.306 e. The van der Waals surface area contributed by atoms with Crippen LogP contribution in [0, 0.1) is 0 Å². The second-order valence-corrected chi connectivity index (χ2v) is 17.7. The normalized spacial score (nSPS) is 12.9. The van der Waals surface area contributed by atoms with Crippen LogP contribution >= 0.6 is 0 Å². The number of rotatable bonds is 48. The van der Waals surface area contributed by atoms with E-state index in [0.29, 0.717) is 12.8 Å². The number of hydrogen-bond donors (Lipinski definition) is 0. The predicted molar refractivity (Wildman–Crippen MR) is 288 cm³/mol. The molecule has 0 radical (unpaired) electrons. The molecule has 380 valence electrons. The molecule has 0 aliphatic carbocycles. The van der Waals surface area contributed by atoms with E-state index >= 15 is 0 Å². The van der Waals surface area contributed by atoms with Gasteiger partial charge in [0.2, 0.25) is 0 Å². The Balaban J connectivity index is 4.51. The van der Waals surface area contributed by atoms with Gasteiger partial charge in [-0.1, -0.05) is 207 Å². The molecule has 0 aliphatic rings. The Morgan fingerprint density at radius 2 is 0.582 bits per heavy atom. The first kappa shape index (κ1) is 63.1. The van der Waals surface area contributed by atoms with E-state index in [2.05, 4.69) is 130 Å². The summed E-state index contributed by atoms with van der Waals surface area (Å²) in [4.78, 5) is 38.1. The summed E-state index contributed by atoms with van der Waals surface area (Å²) in [5, 5.41) is 0.